The van der Waals surface area contributed by atoms with Crippen molar-refractivity contribution in [2.75, 3.05) is 11.9 Å². The Bertz CT molecular complexity index is 997. The van der Waals surface area contributed by atoms with Crippen LogP contribution in [0.5, 0.6) is 0 Å². The SMILES string of the molecule is Cc1cc(=O)oc2cc(NC(=O)N3CCCC[C@@H]3c3nccs3)ccc12. The number of aromatic nitrogens is 1. The van der Waals surface area contributed by atoms with E-state index in [9.17, 15) is 9.59 Å². The highest BCUT2D eigenvalue weighted by Gasteiger charge is 2.29. The fourth-order valence-corrected chi connectivity index (χ4v) is 4.21. The molecule has 0 saturated carbocycles. The zero-order chi connectivity index (χ0) is 18.1. The number of likely N-dealkylation sites (tertiary alicyclic amines) is 1. The maximum Gasteiger partial charge on any atom is 0.336 e. The third-order valence-electron chi connectivity index (χ3n) is 4.70. The van der Waals surface area contributed by atoms with Gasteiger partial charge in [-0.3, -0.25) is 0 Å². The Kier molecular flexibility index (Phi) is 4.46. The lowest BCUT2D eigenvalue weighted by Gasteiger charge is -2.34. The molecular formula is C19H19N3O3S. The van der Waals surface area contributed by atoms with E-state index in [2.05, 4.69) is 10.3 Å². The zero-order valence-corrected chi connectivity index (χ0v) is 15.2. The van der Waals surface area contributed by atoms with E-state index in [1.54, 1.807) is 23.6 Å². The third kappa shape index (κ3) is 3.22. The molecule has 3 heterocycles. The van der Waals surface area contributed by atoms with Crippen molar-refractivity contribution in [1.82, 2.24) is 9.88 Å². The number of fused-ring (bicyclic) bond motifs is 1. The minimum atomic E-state index is -0.390. The van der Waals surface area contributed by atoms with Gasteiger partial charge in [-0.15, -0.1) is 11.3 Å². The van der Waals surface area contributed by atoms with Gasteiger partial charge in [0.05, 0.1) is 6.04 Å². The molecule has 26 heavy (non-hydrogen) atoms. The van der Waals surface area contributed by atoms with E-state index in [4.69, 9.17) is 4.42 Å². The summed E-state index contributed by atoms with van der Waals surface area (Å²) in [6.45, 7) is 2.57. The summed E-state index contributed by atoms with van der Waals surface area (Å²) in [5, 5.41) is 6.71. The van der Waals surface area contributed by atoms with Gasteiger partial charge in [0.25, 0.3) is 0 Å². The van der Waals surface area contributed by atoms with Gasteiger partial charge in [-0.2, -0.15) is 0 Å². The first-order valence-corrected chi connectivity index (χ1v) is 9.51. The number of rotatable bonds is 2. The van der Waals surface area contributed by atoms with Gasteiger partial charge in [-0.05, 0) is 43.9 Å². The summed E-state index contributed by atoms with van der Waals surface area (Å²) in [6.07, 6.45) is 4.78. The van der Waals surface area contributed by atoms with E-state index < -0.39 is 5.63 Å². The second-order valence-electron chi connectivity index (χ2n) is 6.46. The predicted octanol–water partition coefficient (Wildman–Crippen LogP) is 4.32. The average Bonchev–Trinajstić information content (AvgIpc) is 3.15. The van der Waals surface area contributed by atoms with Gasteiger partial charge in [0.15, 0.2) is 0 Å². The van der Waals surface area contributed by atoms with Gasteiger partial charge in [0.2, 0.25) is 0 Å². The van der Waals surface area contributed by atoms with Gasteiger partial charge in [-0.1, -0.05) is 0 Å². The second-order valence-corrected chi connectivity index (χ2v) is 7.39. The molecule has 0 aliphatic carbocycles. The Morgan fingerprint density at radius 2 is 2.23 bits per heavy atom. The van der Waals surface area contributed by atoms with Crippen molar-refractivity contribution in [2.45, 2.75) is 32.2 Å². The van der Waals surface area contributed by atoms with Crippen molar-refractivity contribution < 1.29 is 9.21 Å². The summed E-state index contributed by atoms with van der Waals surface area (Å²) < 4.78 is 5.26. The number of amides is 2. The molecule has 0 spiro atoms. The smallest absolute Gasteiger partial charge is 0.336 e. The largest absolute Gasteiger partial charge is 0.423 e. The maximum absolute atomic E-state index is 12.8. The molecule has 1 aliphatic heterocycles. The molecule has 2 aromatic heterocycles. The number of aryl methyl sites for hydroxylation is 1. The van der Waals surface area contributed by atoms with Crippen molar-refractivity contribution in [3.05, 3.63) is 56.8 Å². The monoisotopic (exact) mass is 369 g/mol. The van der Waals surface area contributed by atoms with Crippen LogP contribution in [0, 0.1) is 6.92 Å². The van der Waals surface area contributed by atoms with Crippen molar-refractivity contribution in [3.63, 3.8) is 0 Å². The molecule has 2 amide bonds. The van der Waals surface area contributed by atoms with E-state index in [1.165, 1.54) is 6.07 Å². The Hall–Kier alpha value is -2.67. The number of thiazole rings is 1. The summed E-state index contributed by atoms with van der Waals surface area (Å²) >= 11 is 1.58. The number of anilines is 1. The van der Waals surface area contributed by atoms with E-state index in [-0.39, 0.29) is 12.1 Å². The van der Waals surface area contributed by atoms with Gasteiger partial charge in [0.1, 0.15) is 10.6 Å². The number of carbonyl (C=O) groups is 1. The van der Waals surface area contributed by atoms with Crippen LogP contribution in [0.15, 0.2) is 45.1 Å². The number of nitrogens with zero attached hydrogens (tertiary/aromatic N) is 2. The average molecular weight is 369 g/mol. The van der Waals surface area contributed by atoms with E-state index in [1.807, 2.05) is 29.3 Å². The number of hydrogen-bond acceptors (Lipinski definition) is 5. The fourth-order valence-electron chi connectivity index (χ4n) is 3.43. The molecule has 3 aromatic rings. The lowest BCUT2D eigenvalue weighted by Crippen LogP contribution is -2.41. The topological polar surface area (TPSA) is 75.4 Å². The van der Waals surface area contributed by atoms with Crippen LogP contribution in [0.4, 0.5) is 10.5 Å². The van der Waals surface area contributed by atoms with Crippen LogP contribution in [-0.2, 0) is 0 Å². The fraction of sp³-hybridized carbons (Fsp3) is 0.316. The quantitative estimate of drug-likeness (QED) is 0.683. The number of hydrogen-bond donors (Lipinski definition) is 1. The zero-order valence-electron chi connectivity index (χ0n) is 14.4. The summed E-state index contributed by atoms with van der Waals surface area (Å²) in [7, 11) is 0. The van der Waals surface area contributed by atoms with Crippen LogP contribution in [-0.4, -0.2) is 22.5 Å². The van der Waals surface area contributed by atoms with Crippen LogP contribution in [0.1, 0.15) is 35.9 Å². The summed E-state index contributed by atoms with van der Waals surface area (Å²) in [5.41, 5.74) is 1.55. The highest BCUT2D eigenvalue weighted by molar-refractivity contribution is 7.09. The molecule has 0 radical (unpaired) electrons. The first-order valence-electron chi connectivity index (χ1n) is 8.63. The molecule has 134 valence electrons. The molecule has 0 unspecified atom stereocenters. The van der Waals surface area contributed by atoms with Gasteiger partial charge < -0.3 is 14.6 Å². The van der Waals surface area contributed by atoms with Gasteiger partial charge >= 0.3 is 11.7 Å². The Labute approximate surface area is 154 Å². The van der Waals surface area contributed by atoms with Gasteiger partial charge in [-0.25, -0.2) is 14.6 Å². The number of benzene rings is 1. The molecule has 4 rings (SSSR count). The van der Waals surface area contributed by atoms with Crippen molar-refractivity contribution in [3.8, 4) is 0 Å². The highest BCUT2D eigenvalue weighted by atomic mass is 32.1. The van der Waals surface area contributed by atoms with Crippen molar-refractivity contribution in [2.24, 2.45) is 0 Å². The number of urea groups is 1. The summed E-state index contributed by atoms with van der Waals surface area (Å²) in [5.74, 6) is 0. The predicted molar refractivity (Wildman–Crippen MR) is 102 cm³/mol. The molecule has 7 heteroatoms. The van der Waals surface area contributed by atoms with Gasteiger partial charge in [0, 0.05) is 41.3 Å². The van der Waals surface area contributed by atoms with Crippen LogP contribution >= 0.6 is 11.3 Å². The van der Waals surface area contributed by atoms with Crippen molar-refractivity contribution >= 4 is 34.0 Å². The second kappa shape index (κ2) is 6.92. The Balaban J connectivity index is 1.59. The Morgan fingerprint density at radius 1 is 1.35 bits per heavy atom. The van der Waals surface area contributed by atoms with E-state index in [0.29, 0.717) is 17.8 Å². The third-order valence-corrected chi connectivity index (χ3v) is 5.58. The summed E-state index contributed by atoms with van der Waals surface area (Å²) in [4.78, 5) is 30.7. The first-order chi connectivity index (χ1) is 12.6. The molecule has 1 N–H and O–H groups in total. The molecule has 6 nitrogen and oxygen atoms in total. The first kappa shape index (κ1) is 16.8. The van der Waals surface area contributed by atoms with Crippen LogP contribution < -0.4 is 10.9 Å². The standard InChI is InChI=1S/C19H19N3O3S/c1-12-10-17(23)25-16-11-13(5-6-14(12)16)21-19(24)22-8-3-2-4-15(22)18-20-7-9-26-18/h5-7,9-11,15H,2-4,8H2,1H3,(H,21,24)/t15-/m1/s1. The van der Waals surface area contributed by atoms with E-state index in [0.717, 1.165) is 35.2 Å². The number of carbonyl (C=O) groups excluding carboxylic acids is 1. The molecule has 0 bridgehead atoms. The lowest BCUT2D eigenvalue weighted by molar-refractivity contribution is 0.163. The lowest BCUT2D eigenvalue weighted by atomic mass is 10.0. The molecule has 1 atom stereocenters. The molecule has 1 saturated heterocycles. The highest BCUT2D eigenvalue weighted by Crippen LogP contribution is 2.32. The van der Waals surface area contributed by atoms with E-state index >= 15 is 0 Å². The van der Waals surface area contributed by atoms with Crippen LogP contribution in [0.2, 0.25) is 0 Å². The van der Waals surface area contributed by atoms with Crippen LogP contribution in [0.25, 0.3) is 11.0 Å². The maximum atomic E-state index is 12.8. The normalized spacial score (nSPS) is 17.4. The van der Waals surface area contributed by atoms with Crippen LogP contribution in [0.3, 0.4) is 0 Å². The summed E-state index contributed by atoms with van der Waals surface area (Å²) in [6, 6.07) is 6.72. The van der Waals surface area contributed by atoms with Crippen molar-refractivity contribution in [1.29, 1.82) is 0 Å². The minimum Gasteiger partial charge on any atom is -0.423 e. The minimum absolute atomic E-state index is 0.0179. The molecule has 1 aromatic carbocycles. The Morgan fingerprint density at radius 3 is 3.04 bits per heavy atom. The molecular weight excluding hydrogens is 350 g/mol. The number of nitrogens with one attached hydrogen (secondary N) is 1. The molecule has 1 fully saturated rings. The molecule has 1 aliphatic rings. The number of piperidine rings is 1.